The molecule has 1 aromatic carbocycles. The van der Waals surface area contributed by atoms with E-state index in [1.807, 2.05) is 49.4 Å². The molecule has 0 aliphatic carbocycles. The summed E-state index contributed by atoms with van der Waals surface area (Å²) in [4.78, 5) is 18.3. The summed E-state index contributed by atoms with van der Waals surface area (Å²) in [5, 5.41) is 7.32. The third-order valence-electron chi connectivity index (χ3n) is 5.10. The second-order valence-corrected chi connectivity index (χ2v) is 8.22. The van der Waals surface area contributed by atoms with E-state index >= 15 is 0 Å². The van der Waals surface area contributed by atoms with Crippen LogP contribution < -0.4 is 15.4 Å². The van der Waals surface area contributed by atoms with Crippen LogP contribution in [-0.4, -0.2) is 18.0 Å². The van der Waals surface area contributed by atoms with Crippen LogP contribution in [0.1, 0.15) is 38.2 Å². The van der Waals surface area contributed by atoms with Gasteiger partial charge in [-0.25, -0.2) is 4.98 Å². The lowest BCUT2D eigenvalue weighted by atomic mass is 9.95. The maximum Gasteiger partial charge on any atom is 0.291 e. The zero-order chi connectivity index (χ0) is 21.8. The fourth-order valence-corrected chi connectivity index (χ4v) is 4.56. The number of carbonyl (C=O) groups excluding carboxylic acids is 1. The molecule has 31 heavy (non-hydrogen) atoms. The lowest BCUT2D eigenvalue weighted by Gasteiger charge is -2.24. The van der Waals surface area contributed by atoms with Crippen LogP contribution in [0.2, 0.25) is 0 Å². The van der Waals surface area contributed by atoms with Gasteiger partial charge < -0.3 is 19.8 Å². The molecule has 158 valence electrons. The van der Waals surface area contributed by atoms with Gasteiger partial charge in [-0.1, -0.05) is 24.3 Å². The molecule has 1 atom stereocenters. The average Bonchev–Trinajstić information content (AvgIpc) is 3.42. The quantitative estimate of drug-likeness (QED) is 0.384. The van der Waals surface area contributed by atoms with E-state index in [4.69, 9.17) is 9.15 Å². The number of benzene rings is 1. The lowest BCUT2D eigenvalue weighted by molar-refractivity contribution is 0.0997. The van der Waals surface area contributed by atoms with E-state index in [0.717, 1.165) is 38.1 Å². The van der Waals surface area contributed by atoms with Gasteiger partial charge in [-0.05, 0) is 49.7 Å². The fourth-order valence-electron chi connectivity index (χ4n) is 3.46. The molecule has 3 aromatic heterocycles. The maximum atomic E-state index is 12.7. The molecule has 3 heterocycles. The first-order chi connectivity index (χ1) is 15.1. The molecule has 4 aromatic rings. The third-order valence-corrected chi connectivity index (χ3v) is 6.24. The molecule has 0 fully saturated rings. The minimum atomic E-state index is -0.289. The van der Waals surface area contributed by atoms with Crippen molar-refractivity contribution >= 4 is 28.1 Å². The Morgan fingerprint density at radius 1 is 1.10 bits per heavy atom. The Morgan fingerprint density at radius 3 is 2.61 bits per heavy atom. The molecule has 0 unspecified atom stereocenters. The summed E-state index contributed by atoms with van der Waals surface area (Å²) in [6.45, 7) is 4.11. The molecule has 0 radical (unpaired) electrons. The molecule has 1 amide bonds. The summed E-state index contributed by atoms with van der Waals surface area (Å²) in [6, 6.07) is 16.6. The van der Waals surface area contributed by atoms with E-state index in [0.29, 0.717) is 0 Å². The first-order valence-electron chi connectivity index (χ1n) is 9.83. The third kappa shape index (κ3) is 4.32. The van der Waals surface area contributed by atoms with Crippen molar-refractivity contribution in [2.24, 2.45) is 0 Å². The van der Waals surface area contributed by atoms with E-state index in [1.165, 1.54) is 17.6 Å². The molecule has 7 heteroatoms. The topological polar surface area (TPSA) is 76.4 Å². The number of rotatable bonds is 7. The number of aromatic nitrogens is 1. The molecule has 0 aliphatic heterocycles. The molecular formula is C24H23N3O3S. The summed E-state index contributed by atoms with van der Waals surface area (Å²) < 4.78 is 10.9. The van der Waals surface area contributed by atoms with Gasteiger partial charge in [-0.3, -0.25) is 4.79 Å². The van der Waals surface area contributed by atoms with Gasteiger partial charge in [0, 0.05) is 22.2 Å². The molecule has 4 rings (SSSR count). The van der Waals surface area contributed by atoms with Crippen LogP contribution in [0, 0.1) is 13.8 Å². The standard InChI is InChI=1S/C24H23N3O3S/c1-15-16(2)31-24(27-23(28)19-11-8-14-30-19)21(15)22(26-20-12-6-7-13-25-20)17-9-4-5-10-18(17)29-3/h4-14,22H,1-3H3,(H,25,26)(H,27,28)/t22-/m0/s1. The van der Waals surface area contributed by atoms with Gasteiger partial charge >= 0.3 is 0 Å². The number of ether oxygens (including phenoxy) is 1. The van der Waals surface area contributed by atoms with Crippen molar-refractivity contribution in [1.82, 2.24) is 4.98 Å². The molecule has 0 bridgehead atoms. The van der Waals surface area contributed by atoms with E-state index < -0.39 is 0 Å². The Balaban J connectivity index is 1.82. The van der Waals surface area contributed by atoms with Crippen molar-refractivity contribution < 1.29 is 13.9 Å². The largest absolute Gasteiger partial charge is 0.496 e. The highest BCUT2D eigenvalue weighted by molar-refractivity contribution is 7.16. The summed E-state index contributed by atoms with van der Waals surface area (Å²) in [7, 11) is 1.65. The number of methoxy groups -OCH3 is 1. The van der Waals surface area contributed by atoms with E-state index in [1.54, 1.807) is 25.4 Å². The van der Waals surface area contributed by atoms with Crippen molar-refractivity contribution in [3.63, 3.8) is 0 Å². The van der Waals surface area contributed by atoms with Crippen molar-refractivity contribution in [2.75, 3.05) is 17.7 Å². The van der Waals surface area contributed by atoms with Gasteiger partial charge in [0.1, 0.15) is 16.6 Å². The minimum Gasteiger partial charge on any atom is -0.496 e. The van der Waals surface area contributed by atoms with Crippen LogP contribution in [0.5, 0.6) is 5.75 Å². The van der Waals surface area contributed by atoms with Crippen LogP contribution in [0.3, 0.4) is 0 Å². The monoisotopic (exact) mass is 433 g/mol. The summed E-state index contributed by atoms with van der Waals surface area (Å²) in [6.07, 6.45) is 3.23. The van der Waals surface area contributed by atoms with Gasteiger partial charge in [-0.2, -0.15) is 0 Å². The first-order valence-corrected chi connectivity index (χ1v) is 10.7. The van der Waals surface area contributed by atoms with E-state index in [9.17, 15) is 4.79 Å². The number of anilines is 2. The Kier molecular flexibility index (Phi) is 6.04. The Morgan fingerprint density at radius 2 is 1.90 bits per heavy atom. The molecule has 6 nitrogen and oxygen atoms in total. The zero-order valence-electron chi connectivity index (χ0n) is 17.5. The Hall–Kier alpha value is -3.58. The predicted molar refractivity (Wildman–Crippen MR) is 123 cm³/mol. The molecule has 0 saturated heterocycles. The zero-order valence-corrected chi connectivity index (χ0v) is 18.3. The first kappa shape index (κ1) is 20.7. The number of nitrogens with zero attached hydrogens (tertiary/aromatic N) is 1. The van der Waals surface area contributed by atoms with Crippen LogP contribution in [-0.2, 0) is 0 Å². The highest BCUT2D eigenvalue weighted by Gasteiger charge is 2.27. The second-order valence-electron chi connectivity index (χ2n) is 6.99. The molecule has 2 N–H and O–H groups in total. The number of thiophene rings is 1. The van der Waals surface area contributed by atoms with Crippen LogP contribution in [0.15, 0.2) is 71.5 Å². The van der Waals surface area contributed by atoms with E-state index in [2.05, 4.69) is 22.5 Å². The number of para-hydroxylation sites is 1. The average molecular weight is 434 g/mol. The molecular weight excluding hydrogens is 410 g/mol. The SMILES string of the molecule is COc1ccccc1[C@H](Nc1ccccn1)c1c(NC(=O)c2ccco2)sc(C)c1C. The summed E-state index contributed by atoms with van der Waals surface area (Å²) in [5.74, 6) is 1.46. The fraction of sp³-hybridized carbons (Fsp3) is 0.167. The van der Waals surface area contributed by atoms with Crippen LogP contribution in [0.4, 0.5) is 10.8 Å². The highest BCUT2D eigenvalue weighted by atomic mass is 32.1. The molecule has 0 aliphatic rings. The van der Waals surface area contributed by atoms with Crippen molar-refractivity contribution in [3.05, 3.63) is 94.4 Å². The second kappa shape index (κ2) is 9.06. The van der Waals surface area contributed by atoms with Gasteiger partial charge in [0.2, 0.25) is 0 Å². The number of furan rings is 1. The van der Waals surface area contributed by atoms with Gasteiger partial charge in [0.15, 0.2) is 5.76 Å². The van der Waals surface area contributed by atoms with Crippen molar-refractivity contribution in [1.29, 1.82) is 0 Å². The minimum absolute atomic E-state index is 0.265. The maximum absolute atomic E-state index is 12.7. The number of hydrogen-bond donors (Lipinski definition) is 2. The number of pyridine rings is 1. The Bertz CT molecular complexity index is 1170. The van der Waals surface area contributed by atoms with Crippen LogP contribution in [0.25, 0.3) is 0 Å². The smallest absolute Gasteiger partial charge is 0.291 e. The Labute approximate surface area is 184 Å². The normalized spacial score (nSPS) is 11.7. The predicted octanol–water partition coefficient (Wildman–Crippen LogP) is 5.82. The van der Waals surface area contributed by atoms with Gasteiger partial charge in [0.05, 0.1) is 19.4 Å². The molecule has 0 saturated carbocycles. The van der Waals surface area contributed by atoms with Crippen LogP contribution >= 0.6 is 11.3 Å². The van der Waals surface area contributed by atoms with Crippen molar-refractivity contribution in [3.8, 4) is 5.75 Å². The number of amides is 1. The van der Waals surface area contributed by atoms with E-state index in [-0.39, 0.29) is 17.7 Å². The number of aryl methyl sites for hydroxylation is 1. The number of carbonyl (C=O) groups is 1. The summed E-state index contributed by atoms with van der Waals surface area (Å²) in [5.41, 5.74) is 3.02. The highest BCUT2D eigenvalue weighted by Crippen LogP contribution is 2.43. The number of nitrogens with one attached hydrogen (secondary N) is 2. The van der Waals surface area contributed by atoms with Gasteiger partial charge in [-0.15, -0.1) is 11.3 Å². The molecule has 0 spiro atoms. The summed E-state index contributed by atoms with van der Waals surface area (Å²) >= 11 is 1.54. The number of hydrogen-bond acceptors (Lipinski definition) is 6. The van der Waals surface area contributed by atoms with Crippen molar-refractivity contribution in [2.45, 2.75) is 19.9 Å². The van der Waals surface area contributed by atoms with Gasteiger partial charge in [0.25, 0.3) is 5.91 Å². The lowest BCUT2D eigenvalue weighted by Crippen LogP contribution is -2.18.